The van der Waals surface area contributed by atoms with Crippen molar-refractivity contribution in [2.45, 2.75) is 116 Å². The Morgan fingerprint density at radius 2 is 1.40 bits per heavy atom. The number of nitrogens with one attached hydrogen (secondary N) is 2. The van der Waals surface area contributed by atoms with Crippen LogP contribution in [-0.2, 0) is 4.79 Å². The molecular formula is C25H49BN2OS. The maximum atomic E-state index is 12.2. The molecule has 0 aromatic rings. The zero-order valence-electron chi connectivity index (χ0n) is 20.3. The number of carbonyl (C=O) groups excluding carboxylic acids is 1. The Morgan fingerprint density at radius 1 is 0.900 bits per heavy atom. The van der Waals surface area contributed by atoms with Crippen molar-refractivity contribution in [1.82, 2.24) is 10.6 Å². The monoisotopic (exact) mass is 436 g/mol. The molecule has 0 fully saturated rings. The molecule has 3 nitrogen and oxygen atoms in total. The molecule has 30 heavy (non-hydrogen) atoms. The molecule has 2 unspecified atom stereocenters. The second-order valence-electron chi connectivity index (χ2n) is 8.56. The Balaban J connectivity index is 4.40. The molecule has 0 saturated carbocycles. The van der Waals surface area contributed by atoms with E-state index in [-0.39, 0.29) is 11.9 Å². The predicted molar refractivity (Wildman–Crippen MR) is 139 cm³/mol. The quantitative estimate of drug-likeness (QED) is 0.158. The van der Waals surface area contributed by atoms with Crippen LogP contribution in [0.1, 0.15) is 110 Å². The van der Waals surface area contributed by atoms with Crippen molar-refractivity contribution in [3.63, 3.8) is 0 Å². The molecule has 1 amide bonds. The molecule has 174 valence electrons. The van der Waals surface area contributed by atoms with E-state index in [0.717, 1.165) is 12.3 Å². The second-order valence-corrected chi connectivity index (χ2v) is 9.47. The van der Waals surface area contributed by atoms with Crippen molar-refractivity contribution in [2.75, 3.05) is 19.3 Å². The Morgan fingerprint density at radius 3 is 1.87 bits per heavy atom. The van der Waals surface area contributed by atoms with Gasteiger partial charge in [0, 0.05) is 0 Å². The summed E-state index contributed by atoms with van der Waals surface area (Å²) in [7, 11) is 1.72. The number of hydrogen-bond acceptors (Lipinski definition) is 3. The zero-order chi connectivity index (χ0) is 22.3. The Bertz CT molecular complexity index is 441. The van der Waals surface area contributed by atoms with Gasteiger partial charge >= 0.3 is 160 Å². The second kappa shape index (κ2) is 23.2. The number of amides is 1. The molecule has 0 spiro atoms. The normalized spacial score (nSPS) is 12.8. The summed E-state index contributed by atoms with van der Waals surface area (Å²) in [6, 6.07) is -0.148. The fourth-order valence-electron chi connectivity index (χ4n) is 3.87. The molecule has 0 aliphatic heterocycles. The summed E-state index contributed by atoms with van der Waals surface area (Å²) in [4.78, 5) is 12.2. The minimum absolute atomic E-state index is 0.0780. The summed E-state index contributed by atoms with van der Waals surface area (Å²) in [5.41, 5.74) is 2.77. The predicted octanol–water partition coefficient (Wildman–Crippen LogP) is 6.14. The van der Waals surface area contributed by atoms with E-state index >= 15 is 0 Å². The molecule has 2 atom stereocenters. The average molecular weight is 437 g/mol. The molecule has 0 saturated heterocycles. The van der Waals surface area contributed by atoms with Crippen LogP contribution in [0, 0.1) is 5.92 Å². The van der Waals surface area contributed by atoms with Gasteiger partial charge in [0.2, 0.25) is 0 Å². The summed E-state index contributed by atoms with van der Waals surface area (Å²) in [5.74, 6) is 1.48. The van der Waals surface area contributed by atoms with E-state index in [9.17, 15) is 4.79 Å². The van der Waals surface area contributed by atoms with Gasteiger partial charge in [-0.05, 0) is 0 Å². The molecule has 0 aliphatic rings. The van der Waals surface area contributed by atoms with E-state index in [2.05, 4.69) is 36.7 Å². The van der Waals surface area contributed by atoms with Crippen LogP contribution in [0.5, 0.6) is 0 Å². The summed E-state index contributed by atoms with van der Waals surface area (Å²) < 4.78 is 0. The van der Waals surface area contributed by atoms with Crippen molar-refractivity contribution in [1.29, 1.82) is 0 Å². The number of rotatable bonds is 22. The molecule has 0 aliphatic carbocycles. The number of carbonyl (C=O) groups is 1. The standard InChI is InChI=1S/C25H49BN2OS/c1-5-8-10-12-14-16-18-20-23(19-17-15-13-11-9-6-2)21-28-24(25(29)27-4)22-30-26-7-3/h23-24,28H,3,5-6,8-22H2,1-2,4H3,(H,27,29). The topological polar surface area (TPSA) is 41.1 Å². The van der Waals surface area contributed by atoms with E-state index in [4.69, 9.17) is 0 Å². The molecule has 0 aromatic heterocycles. The Kier molecular flexibility index (Phi) is 22.8. The van der Waals surface area contributed by atoms with Gasteiger partial charge in [0.05, 0.1) is 0 Å². The summed E-state index contributed by atoms with van der Waals surface area (Å²) in [5, 5.41) is 6.36. The molecule has 5 heteroatoms. The Hall–Kier alpha value is -0.505. The molecule has 2 N–H and O–H groups in total. The van der Waals surface area contributed by atoms with Crippen molar-refractivity contribution < 1.29 is 4.79 Å². The van der Waals surface area contributed by atoms with E-state index in [1.165, 1.54) is 96.3 Å². The van der Waals surface area contributed by atoms with Crippen LogP contribution in [0.2, 0.25) is 0 Å². The van der Waals surface area contributed by atoms with Crippen LogP contribution >= 0.6 is 11.6 Å². The molecule has 0 aromatic carbocycles. The molecule has 0 radical (unpaired) electrons. The molecular weight excluding hydrogens is 387 g/mol. The molecule has 0 heterocycles. The van der Waals surface area contributed by atoms with E-state index < -0.39 is 0 Å². The first-order valence-electron chi connectivity index (χ1n) is 12.6. The molecule has 0 bridgehead atoms. The van der Waals surface area contributed by atoms with Gasteiger partial charge in [-0.15, -0.1) is 0 Å². The van der Waals surface area contributed by atoms with Crippen LogP contribution in [0.15, 0.2) is 6.58 Å². The third-order valence-electron chi connectivity index (χ3n) is 5.83. The van der Waals surface area contributed by atoms with Crippen molar-refractivity contribution >= 4 is 29.3 Å². The van der Waals surface area contributed by atoms with E-state index in [1.807, 2.05) is 6.20 Å². The van der Waals surface area contributed by atoms with Gasteiger partial charge in [0.1, 0.15) is 0 Å². The third-order valence-corrected chi connectivity index (χ3v) is 6.69. The van der Waals surface area contributed by atoms with Gasteiger partial charge in [-0.25, -0.2) is 0 Å². The maximum absolute atomic E-state index is 12.2. The SMILES string of the molecule is C=C=BSCC(NCC(CCCCCCCC)CCCCCCCCC)C(=O)NC. The first-order valence-corrected chi connectivity index (χ1v) is 13.6. The first kappa shape index (κ1) is 29.5. The van der Waals surface area contributed by atoms with Crippen LogP contribution in [-0.4, -0.2) is 43.1 Å². The zero-order valence-corrected chi connectivity index (χ0v) is 21.1. The van der Waals surface area contributed by atoms with Gasteiger partial charge in [-0.1, -0.05) is 33.1 Å². The van der Waals surface area contributed by atoms with Crippen molar-refractivity contribution in [3.05, 3.63) is 6.58 Å². The fourth-order valence-corrected chi connectivity index (χ4v) is 4.54. The van der Waals surface area contributed by atoms with E-state index in [0.29, 0.717) is 5.92 Å². The van der Waals surface area contributed by atoms with Crippen LogP contribution in [0.4, 0.5) is 0 Å². The average Bonchev–Trinajstić information content (AvgIpc) is 2.76. The van der Waals surface area contributed by atoms with Crippen LogP contribution in [0.3, 0.4) is 0 Å². The minimum atomic E-state index is -0.148. The van der Waals surface area contributed by atoms with Gasteiger partial charge in [-0.3, -0.25) is 0 Å². The summed E-state index contributed by atoms with van der Waals surface area (Å²) in [6.45, 7) is 9.10. The number of hydrogen-bond donors (Lipinski definition) is 2. The van der Waals surface area contributed by atoms with Gasteiger partial charge in [0.25, 0.3) is 0 Å². The van der Waals surface area contributed by atoms with Crippen molar-refractivity contribution in [2.24, 2.45) is 5.92 Å². The van der Waals surface area contributed by atoms with Crippen molar-refractivity contribution in [3.8, 4) is 0 Å². The van der Waals surface area contributed by atoms with Gasteiger partial charge < -0.3 is 0 Å². The summed E-state index contributed by atoms with van der Waals surface area (Å²) >= 11 is 1.59. The molecule has 0 rings (SSSR count). The third kappa shape index (κ3) is 18.3. The van der Waals surface area contributed by atoms with Crippen LogP contribution < -0.4 is 10.6 Å². The van der Waals surface area contributed by atoms with E-state index in [1.54, 1.807) is 18.7 Å². The number of unbranched alkanes of at least 4 members (excludes halogenated alkanes) is 11. The Labute approximate surface area is 192 Å². The summed E-state index contributed by atoms with van der Waals surface area (Å²) in [6.07, 6.45) is 22.1. The fraction of sp³-hybridized carbons (Fsp3) is 0.880. The number of likely N-dealkylation sites (N-methyl/N-ethyl adjacent to an activating group) is 1. The van der Waals surface area contributed by atoms with Gasteiger partial charge in [0.15, 0.2) is 0 Å². The van der Waals surface area contributed by atoms with Crippen LogP contribution in [0.25, 0.3) is 0 Å². The first-order chi connectivity index (χ1) is 14.7. The van der Waals surface area contributed by atoms with Gasteiger partial charge in [-0.2, -0.15) is 0 Å².